The molecule has 1 atom stereocenters. The second-order valence-electron chi connectivity index (χ2n) is 10.9. The van der Waals surface area contributed by atoms with Gasteiger partial charge >= 0.3 is 0 Å². The minimum Gasteiger partial charge on any atom is -0.382 e. The predicted molar refractivity (Wildman–Crippen MR) is 176 cm³/mol. The number of fused-ring (bicyclic) bond motifs is 1. The highest BCUT2D eigenvalue weighted by Gasteiger charge is 2.22. The molecule has 0 aliphatic rings. The van der Waals surface area contributed by atoms with E-state index in [2.05, 4.69) is 36.8 Å². The number of sulfonamides is 1. The number of benzene rings is 2. The minimum atomic E-state index is -3.50. The van der Waals surface area contributed by atoms with Crippen LogP contribution in [0, 0.1) is 23.6 Å². The fourth-order valence-corrected chi connectivity index (χ4v) is 6.35. The number of nitrogen functional groups attached to an aromatic ring is 1. The smallest absolute Gasteiger partial charge is 0.267 e. The maximum absolute atomic E-state index is 14.1. The molecular formula is C32H30ClFN8O3S. The van der Waals surface area contributed by atoms with Crippen molar-refractivity contribution in [2.75, 3.05) is 16.8 Å². The number of halogens is 2. The van der Waals surface area contributed by atoms with Crippen LogP contribution < -0.4 is 21.3 Å². The van der Waals surface area contributed by atoms with E-state index in [1.165, 1.54) is 23.0 Å². The summed E-state index contributed by atoms with van der Waals surface area (Å²) in [7, 11) is -3.50. The first-order chi connectivity index (χ1) is 21.9. The van der Waals surface area contributed by atoms with Crippen molar-refractivity contribution in [1.82, 2.24) is 29.2 Å². The van der Waals surface area contributed by atoms with Crippen LogP contribution in [0.25, 0.3) is 16.6 Å². The molecule has 0 bridgehead atoms. The fraction of sp³-hybridized carbons (Fsp3) is 0.219. The average Bonchev–Trinajstić information content (AvgIpc) is 3.00. The largest absolute Gasteiger partial charge is 0.382 e. The van der Waals surface area contributed by atoms with E-state index in [9.17, 15) is 17.6 Å². The summed E-state index contributed by atoms with van der Waals surface area (Å²) >= 11 is 6.47. The van der Waals surface area contributed by atoms with Gasteiger partial charge in [-0.1, -0.05) is 49.6 Å². The van der Waals surface area contributed by atoms with Crippen LogP contribution in [-0.4, -0.2) is 38.7 Å². The summed E-state index contributed by atoms with van der Waals surface area (Å²) in [4.78, 5) is 31.2. The first-order valence-corrected chi connectivity index (χ1v) is 16.2. The van der Waals surface area contributed by atoms with Crippen LogP contribution in [0.3, 0.4) is 0 Å². The topological polar surface area (TPSA) is 158 Å². The minimum absolute atomic E-state index is 0.00704. The predicted octanol–water partition coefficient (Wildman–Crippen LogP) is 4.59. The highest BCUT2D eigenvalue weighted by Crippen LogP contribution is 2.26. The summed E-state index contributed by atoms with van der Waals surface area (Å²) < 4.78 is 42.3. The standard InChI is InChI=1S/C32H30ClFN8O3S/c1-19(2)17-46(44,45)39-15-21-6-4-7-24(14-21)42-31(41-27-9-5-8-26(33)28(27)32(42)43)20(3)40-30-25(29(35)37-18-38-30)13-12-23-11-10-22(34)16-36-23/h4-11,14,16,18-20,39H,15,17H2,1-3H3,(H3,35,37,38,40)/t20-/m0/s1. The Morgan fingerprint density at radius 2 is 1.83 bits per heavy atom. The van der Waals surface area contributed by atoms with E-state index in [0.717, 1.165) is 6.20 Å². The Balaban J connectivity index is 1.57. The van der Waals surface area contributed by atoms with Crippen LogP contribution in [0.4, 0.5) is 16.0 Å². The van der Waals surface area contributed by atoms with Crippen molar-refractivity contribution in [3.05, 3.63) is 111 Å². The molecule has 5 aromatic rings. The molecule has 2 aromatic carbocycles. The van der Waals surface area contributed by atoms with Gasteiger partial charge in [0.15, 0.2) is 0 Å². The second kappa shape index (κ2) is 13.6. The Kier molecular flexibility index (Phi) is 9.62. The maximum atomic E-state index is 14.1. The van der Waals surface area contributed by atoms with Crippen molar-refractivity contribution in [2.24, 2.45) is 5.92 Å². The molecule has 4 N–H and O–H groups in total. The summed E-state index contributed by atoms with van der Waals surface area (Å²) in [5.74, 6) is 5.89. The van der Waals surface area contributed by atoms with Gasteiger partial charge in [0.05, 0.1) is 39.6 Å². The number of hydrogen-bond acceptors (Lipinski definition) is 9. The van der Waals surface area contributed by atoms with Gasteiger partial charge < -0.3 is 11.1 Å². The molecule has 0 saturated carbocycles. The van der Waals surface area contributed by atoms with E-state index < -0.39 is 27.4 Å². The molecule has 0 spiro atoms. The molecular weight excluding hydrogens is 631 g/mol. The zero-order chi connectivity index (χ0) is 33.0. The highest BCUT2D eigenvalue weighted by molar-refractivity contribution is 7.89. The van der Waals surface area contributed by atoms with Crippen LogP contribution in [0.2, 0.25) is 5.02 Å². The molecule has 5 rings (SSSR count). The van der Waals surface area contributed by atoms with E-state index >= 15 is 0 Å². The van der Waals surface area contributed by atoms with Gasteiger partial charge in [-0.2, -0.15) is 0 Å². The van der Waals surface area contributed by atoms with Gasteiger partial charge in [0.2, 0.25) is 10.0 Å². The molecule has 0 aliphatic carbocycles. The number of nitrogens with two attached hydrogens (primary N) is 1. The van der Waals surface area contributed by atoms with Gasteiger partial charge in [-0.15, -0.1) is 0 Å². The zero-order valence-corrected chi connectivity index (χ0v) is 26.7. The number of pyridine rings is 1. The lowest BCUT2D eigenvalue weighted by Gasteiger charge is -2.21. The van der Waals surface area contributed by atoms with E-state index in [4.69, 9.17) is 22.3 Å². The van der Waals surface area contributed by atoms with Crippen molar-refractivity contribution in [3.8, 4) is 17.5 Å². The molecule has 14 heteroatoms. The Labute approximate surface area is 270 Å². The van der Waals surface area contributed by atoms with Crippen LogP contribution in [0.15, 0.2) is 71.9 Å². The van der Waals surface area contributed by atoms with E-state index in [1.807, 2.05) is 13.8 Å². The average molecular weight is 661 g/mol. The van der Waals surface area contributed by atoms with Crippen LogP contribution >= 0.6 is 11.6 Å². The van der Waals surface area contributed by atoms with E-state index in [1.54, 1.807) is 49.4 Å². The Hall–Kier alpha value is -4.90. The Bertz CT molecular complexity index is 2150. The molecule has 3 aromatic heterocycles. The monoisotopic (exact) mass is 660 g/mol. The summed E-state index contributed by atoms with van der Waals surface area (Å²) in [5, 5.41) is 3.72. The molecule has 11 nitrogen and oxygen atoms in total. The third-order valence-corrected chi connectivity index (χ3v) is 8.76. The number of rotatable bonds is 9. The number of nitrogens with one attached hydrogen (secondary N) is 2. The third kappa shape index (κ3) is 7.48. The summed E-state index contributed by atoms with van der Waals surface area (Å²) in [6, 6.07) is 14.0. The first-order valence-electron chi connectivity index (χ1n) is 14.2. The number of aromatic nitrogens is 5. The fourth-order valence-electron chi connectivity index (χ4n) is 4.72. The maximum Gasteiger partial charge on any atom is 0.267 e. The number of nitrogens with zero attached hydrogens (tertiary/aromatic N) is 5. The lowest BCUT2D eigenvalue weighted by Crippen LogP contribution is -2.29. The van der Waals surface area contributed by atoms with E-state index in [0.29, 0.717) is 28.3 Å². The Morgan fingerprint density at radius 3 is 2.57 bits per heavy atom. The highest BCUT2D eigenvalue weighted by atomic mass is 35.5. The van der Waals surface area contributed by atoms with Gasteiger partial charge in [-0.3, -0.25) is 9.36 Å². The van der Waals surface area contributed by atoms with Gasteiger partial charge in [0.25, 0.3) is 5.56 Å². The molecule has 0 amide bonds. The lowest BCUT2D eigenvalue weighted by molar-refractivity contribution is 0.568. The van der Waals surface area contributed by atoms with Crippen molar-refractivity contribution in [2.45, 2.75) is 33.4 Å². The Morgan fingerprint density at radius 1 is 1.04 bits per heavy atom. The van der Waals surface area contributed by atoms with Crippen molar-refractivity contribution in [1.29, 1.82) is 0 Å². The molecule has 236 valence electrons. The molecule has 0 fully saturated rings. The van der Waals surface area contributed by atoms with Gasteiger partial charge in [-0.25, -0.2) is 37.5 Å². The molecule has 0 saturated heterocycles. The van der Waals surface area contributed by atoms with Gasteiger partial charge in [0.1, 0.15) is 40.9 Å². The summed E-state index contributed by atoms with van der Waals surface area (Å²) in [6.45, 7) is 5.48. The van der Waals surface area contributed by atoms with Crippen LogP contribution in [-0.2, 0) is 16.6 Å². The third-order valence-electron chi connectivity index (χ3n) is 6.75. The van der Waals surface area contributed by atoms with Crippen molar-refractivity contribution < 1.29 is 12.8 Å². The number of hydrogen-bond donors (Lipinski definition) is 3. The molecule has 0 aliphatic heterocycles. The second-order valence-corrected chi connectivity index (χ2v) is 13.1. The molecule has 0 unspecified atom stereocenters. The zero-order valence-electron chi connectivity index (χ0n) is 25.1. The quantitative estimate of drug-likeness (QED) is 0.192. The van der Waals surface area contributed by atoms with Crippen LogP contribution in [0.1, 0.15) is 49.5 Å². The van der Waals surface area contributed by atoms with Crippen molar-refractivity contribution in [3.63, 3.8) is 0 Å². The normalized spacial score (nSPS) is 12.1. The SMILES string of the molecule is CC(C)CS(=O)(=O)NCc1cccc(-n2c([C@H](C)Nc3ncnc(N)c3C#Cc3ccc(F)cn3)nc3cccc(Cl)c3c2=O)c1. The summed E-state index contributed by atoms with van der Waals surface area (Å²) in [5.41, 5.74) is 7.81. The van der Waals surface area contributed by atoms with Gasteiger partial charge in [-0.05, 0) is 60.7 Å². The van der Waals surface area contributed by atoms with E-state index in [-0.39, 0.29) is 45.8 Å². The van der Waals surface area contributed by atoms with Crippen molar-refractivity contribution >= 4 is 44.2 Å². The number of anilines is 2. The first kappa shape index (κ1) is 32.5. The molecule has 3 heterocycles. The lowest BCUT2D eigenvalue weighted by atomic mass is 10.1. The molecule has 0 radical (unpaired) electrons. The summed E-state index contributed by atoms with van der Waals surface area (Å²) in [6.07, 6.45) is 2.33. The molecule has 46 heavy (non-hydrogen) atoms. The van der Waals surface area contributed by atoms with Gasteiger partial charge in [0, 0.05) is 6.54 Å². The van der Waals surface area contributed by atoms with Crippen LogP contribution in [0.5, 0.6) is 0 Å².